The van der Waals surface area contributed by atoms with E-state index in [-0.39, 0.29) is 0 Å². The first kappa shape index (κ1) is 15.0. The van der Waals surface area contributed by atoms with Gasteiger partial charge in [-0.25, -0.2) is 23.2 Å². The molecular formula is C9H14ClNO4S2. The summed E-state index contributed by atoms with van der Waals surface area (Å²) in [6.45, 7) is 4.66. The first-order chi connectivity index (χ1) is 7.79. The average molecular weight is 300 g/mol. The van der Waals surface area contributed by atoms with Crippen molar-refractivity contribution in [1.82, 2.24) is 4.58 Å². The van der Waals surface area contributed by atoms with Gasteiger partial charge in [-0.2, -0.15) is 0 Å². The summed E-state index contributed by atoms with van der Waals surface area (Å²) >= 11 is 3.74. The van der Waals surface area contributed by atoms with E-state index in [1.54, 1.807) is 0 Å². The Morgan fingerprint density at radius 1 is 1.06 bits per heavy atom. The third-order valence-electron chi connectivity index (χ3n) is 2.56. The van der Waals surface area contributed by atoms with Crippen LogP contribution in [0.2, 0.25) is 0 Å². The van der Waals surface area contributed by atoms with E-state index in [2.05, 4.69) is 29.2 Å². The molecule has 8 heteroatoms. The molecule has 2 heterocycles. The van der Waals surface area contributed by atoms with E-state index in [1.165, 1.54) is 16.8 Å². The molecule has 1 fully saturated rings. The van der Waals surface area contributed by atoms with Gasteiger partial charge in [-0.15, -0.1) is 10.2 Å². The van der Waals surface area contributed by atoms with Gasteiger partial charge >= 0.3 is 3.98 Å². The summed E-state index contributed by atoms with van der Waals surface area (Å²) < 4.78 is 38.0. The van der Waals surface area contributed by atoms with Crippen LogP contribution in [0.1, 0.15) is 26.7 Å². The minimum atomic E-state index is -4.94. The summed E-state index contributed by atoms with van der Waals surface area (Å²) in [5.74, 6) is 0. The van der Waals surface area contributed by atoms with Crippen molar-refractivity contribution in [2.24, 2.45) is 0 Å². The van der Waals surface area contributed by atoms with Crippen molar-refractivity contribution < 1.29 is 28.9 Å². The van der Waals surface area contributed by atoms with E-state index >= 15 is 0 Å². The zero-order valence-corrected chi connectivity index (χ0v) is 11.9. The van der Waals surface area contributed by atoms with Crippen LogP contribution in [0.25, 0.3) is 0 Å². The fraction of sp³-hybridized carbons (Fsp3) is 0.667. The molecule has 0 bridgehead atoms. The van der Waals surface area contributed by atoms with E-state index in [1.807, 2.05) is 22.7 Å². The molecule has 0 aromatic carbocycles. The van der Waals surface area contributed by atoms with Crippen LogP contribution < -0.4 is 27.2 Å². The lowest BCUT2D eigenvalue weighted by molar-refractivity contribution is -2.00. The van der Waals surface area contributed by atoms with E-state index < -0.39 is 10.2 Å². The van der Waals surface area contributed by atoms with Crippen molar-refractivity contribution in [2.45, 2.75) is 38.8 Å². The molecule has 0 aliphatic carbocycles. The monoisotopic (exact) mass is 299 g/mol. The minimum absolute atomic E-state index is 0.745. The quantitative estimate of drug-likeness (QED) is 0.491. The molecular weight excluding hydrogens is 286 g/mol. The van der Waals surface area contributed by atoms with Gasteiger partial charge in [-0.3, -0.25) is 0 Å². The zero-order valence-electron chi connectivity index (χ0n) is 9.50. The molecule has 1 aromatic rings. The van der Waals surface area contributed by atoms with Crippen LogP contribution in [0.4, 0.5) is 0 Å². The maximum Gasteiger partial charge on any atom is 0.314 e. The molecule has 1 saturated heterocycles. The van der Waals surface area contributed by atoms with E-state index in [4.69, 9.17) is 18.6 Å². The lowest BCUT2D eigenvalue weighted by Crippen LogP contribution is -2.68. The summed E-state index contributed by atoms with van der Waals surface area (Å²) in [5, 5.41) is 4.36. The van der Waals surface area contributed by atoms with Gasteiger partial charge in [-0.1, -0.05) is 22.7 Å². The standard InChI is InChI=1S/C9H14NS2.ClHO4/c1-7-3-4-8(2)10(7)9-11-5-6-12-9;2-1(3,4)5/h5-8H,3-4H2,1-2H3;(H,2,3,4,5)/q+1;/p-1. The number of rotatable bonds is 0. The largest absolute Gasteiger partial charge is 0.314 e. The normalized spacial score (nSPS) is 24.5. The molecule has 0 amide bonds. The van der Waals surface area contributed by atoms with Crippen LogP contribution >= 0.6 is 22.7 Å². The molecule has 1 aromatic heterocycles. The van der Waals surface area contributed by atoms with Gasteiger partial charge in [0, 0.05) is 23.6 Å². The third kappa shape index (κ3) is 5.43. The van der Waals surface area contributed by atoms with Crippen molar-refractivity contribution in [3.8, 4) is 0 Å². The highest BCUT2D eigenvalue weighted by Gasteiger charge is 2.31. The predicted octanol–water partition coefficient (Wildman–Crippen LogP) is -2.60. The Labute approximate surface area is 110 Å². The van der Waals surface area contributed by atoms with Crippen LogP contribution in [0.5, 0.6) is 0 Å². The molecule has 98 valence electrons. The van der Waals surface area contributed by atoms with Gasteiger partial charge in [0.05, 0.1) is 0 Å². The number of halogens is 1. The summed E-state index contributed by atoms with van der Waals surface area (Å²) in [7, 11) is -4.94. The topological polar surface area (TPSA) is 95.2 Å². The van der Waals surface area contributed by atoms with Gasteiger partial charge in [0.15, 0.2) is 12.1 Å². The highest BCUT2D eigenvalue weighted by Crippen LogP contribution is 2.16. The Hall–Kier alpha value is -0.0200. The molecule has 0 spiro atoms. The maximum absolute atomic E-state index is 8.49. The van der Waals surface area contributed by atoms with Gasteiger partial charge in [0.2, 0.25) is 0 Å². The van der Waals surface area contributed by atoms with Gasteiger partial charge in [0.1, 0.15) is 0 Å². The van der Waals surface area contributed by atoms with Crippen molar-refractivity contribution >= 4 is 22.7 Å². The van der Waals surface area contributed by atoms with Crippen molar-refractivity contribution in [2.75, 3.05) is 0 Å². The number of hydrogen-bond donors (Lipinski definition) is 0. The van der Waals surface area contributed by atoms with E-state index in [0.717, 1.165) is 12.1 Å². The lowest BCUT2D eigenvalue weighted by atomic mass is 10.2. The first-order valence-electron chi connectivity index (χ1n) is 5.04. The van der Waals surface area contributed by atoms with E-state index in [9.17, 15) is 0 Å². The zero-order chi connectivity index (χ0) is 13.1. The predicted molar refractivity (Wildman–Crippen MR) is 55.6 cm³/mol. The molecule has 17 heavy (non-hydrogen) atoms. The molecule has 2 atom stereocenters. The molecule has 0 N–H and O–H groups in total. The minimum Gasteiger partial charge on any atom is -0.222 e. The van der Waals surface area contributed by atoms with Gasteiger partial charge < -0.3 is 0 Å². The second-order valence-corrected chi connectivity index (χ2v) is 6.64. The van der Waals surface area contributed by atoms with Crippen molar-refractivity contribution in [1.29, 1.82) is 0 Å². The SMILES string of the molecule is CC1CCC(C)[N+]1=c1sccs1.[O-][Cl+3]([O-])([O-])[O-]. The van der Waals surface area contributed by atoms with Crippen LogP contribution in [-0.4, -0.2) is 12.1 Å². The Bertz CT molecular complexity index is 377. The lowest BCUT2D eigenvalue weighted by Gasteiger charge is -2.17. The Kier molecular flexibility index (Phi) is 5.52. The fourth-order valence-electron chi connectivity index (χ4n) is 1.88. The second kappa shape index (κ2) is 6.24. The van der Waals surface area contributed by atoms with E-state index in [0.29, 0.717) is 0 Å². The molecule has 5 nitrogen and oxygen atoms in total. The molecule has 2 rings (SSSR count). The molecule has 1 aliphatic rings. The molecule has 0 saturated carbocycles. The molecule has 1 aliphatic heterocycles. The van der Waals surface area contributed by atoms with Crippen molar-refractivity contribution in [3.05, 3.63) is 14.7 Å². The highest BCUT2D eigenvalue weighted by molar-refractivity contribution is 7.24. The molecule has 0 radical (unpaired) electrons. The average Bonchev–Trinajstić information content (AvgIpc) is 2.73. The van der Waals surface area contributed by atoms with Crippen LogP contribution in [0, 0.1) is 10.2 Å². The Balaban J connectivity index is 0.000000249. The highest BCUT2D eigenvalue weighted by atomic mass is 35.7. The maximum atomic E-state index is 8.49. The van der Waals surface area contributed by atoms with Crippen LogP contribution in [-0.2, 0) is 0 Å². The van der Waals surface area contributed by atoms with Gasteiger partial charge in [-0.05, 0) is 13.8 Å². The third-order valence-corrected chi connectivity index (χ3v) is 4.67. The first-order valence-corrected chi connectivity index (χ1v) is 8.04. The molecule has 2 unspecified atom stereocenters. The number of nitrogens with zero attached hydrogens (tertiary/aromatic N) is 1. The summed E-state index contributed by atoms with van der Waals surface area (Å²) in [6.07, 6.45) is 2.71. The number of hydrogen-bond acceptors (Lipinski definition) is 6. The smallest absolute Gasteiger partial charge is 0.222 e. The Morgan fingerprint density at radius 2 is 1.41 bits per heavy atom. The second-order valence-electron chi connectivity index (χ2n) is 3.83. The fourth-order valence-corrected chi connectivity index (χ4v) is 4.07. The van der Waals surface area contributed by atoms with Crippen molar-refractivity contribution in [3.63, 3.8) is 0 Å². The summed E-state index contributed by atoms with van der Waals surface area (Å²) in [6, 6.07) is 1.49. The summed E-state index contributed by atoms with van der Waals surface area (Å²) in [5.41, 5.74) is 0. The van der Waals surface area contributed by atoms with Gasteiger partial charge in [0.25, 0.3) is 0 Å². The van der Waals surface area contributed by atoms with Crippen LogP contribution in [0.3, 0.4) is 0 Å². The van der Waals surface area contributed by atoms with Crippen LogP contribution in [0.15, 0.2) is 10.8 Å². The summed E-state index contributed by atoms with van der Waals surface area (Å²) in [4.78, 5) is 0. The Morgan fingerprint density at radius 3 is 1.76 bits per heavy atom.